The van der Waals surface area contributed by atoms with Crippen LogP contribution in [0.1, 0.15) is 19.0 Å². The van der Waals surface area contributed by atoms with Crippen molar-refractivity contribution < 1.29 is 18.3 Å². The summed E-state index contributed by atoms with van der Waals surface area (Å²) < 4.78 is 23.1. The molecular formula is C15H18N2O4S2. The third-order valence-electron chi connectivity index (χ3n) is 3.10. The van der Waals surface area contributed by atoms with Crippen molar-refractivity contribution in [3.8, 4) is 10.4 Å². The number of anilines is 1. The molecule has 0 fully saturated rings. The average molecular weight is 354 g/mol. The first-order chi connectivity index (χ1) is 10.8. The molecule has 6 nitrogen and oxygen atoms in total. The molecule has 0 aliphatic rings. The van der Waals surface area contributed by atoms with Gasteiger partial charge in [-0.15, -0.1) is 0 Å². The highest BCUT2D eigenvalue weighted by Gasteiger charge is 2.15. The first kappa shape index (κ1) is 17.6. The summed E-state index contributed by atoms with van der Waals surface area (Å²) in [5, 5.41) is 12.2. The number of hydrogen-bond donors (Lipinski definition) is 2. The molecule has 2 rings (SSSR count). The number of aromatic nitrogens is 1. The third kappa shape index (κ3) is 4.60. The Hall–Kier alpha value is -1.77. The summed E-state index contributed by atoms with van der Waals surface area (Å²) in [6.07, 6.45) is 2.31. The summed E-state index contributed by atoms with van der Waals surface area (Å²) in [6.45, 7) is 1.47. The molecule has 0 saturated heterocycles. The van der Waals surface area contributed by atoms with Gasteiger partial charge in [0.2, 0.25) is 5.91 Å². The van der Waals surface area contributed by atoms with Gasteiger partial charge < -0.3 is 10.4 Å². The minimum Gasteiger partial charge on any atom is -0.396 e. The number of amides is 1. The molecule has 8 heteroatoms. The Kier molecular flexibility index (Phi) is 5.51. The highest BCUT2D eigenvalue weighted by atomic mass is 32.2. The summed E-state index contributed by atoms with van der Waals surface area (Å²) in [5.74, 6) is -0.202. The number of nitrogens with one attached hydrogen (secondary N) is 1. The van der Waals surface area contributed by atoms with Gasteiger partial charge in [0.1, 0.15) is 0 Å². The van der Waals surface area contributed by atoms with Gasteiger partial charge in [-0.2, -0.15) is 0 Å². The quantitative estimate of drug-likeness (QED) is 0.828. The van der Waals surface area contributed by atoms with Crippen LogP contribution in [0.2, 0.25) is 0 Å². The van der Waals surface area contributed by atoms with E-state index in [0.717, 1.165) is 22.4 Å². The SMILES string of the molecule is CC(=O)Nc1nc(CCCO)c(-c2ccc(S(C)(=O)=O)cc2)s1. The summed E-state index contributed by atoms with van der Waals surface area (Å²) in [4.78, 5) is 16.7. The zero-order valence-electron chi connectivity index (χ0n) is 12.9. The Morgan fingerprint density at radius 3 is 2.48 bits per heavy atom. The molecule has 2 aromatic rings. The predicted octanol–water partition coefficient (Wildman–Crippen LogP) is 2.10. The number of sulfone groups is 1. The number of benzene rings is 1. The fraction of sp³-hybridized carbons (Fsp3) is 0.333. The minimum atomic E-state index is -3.24. The van der Waals surface area contributed by atoms with Gasteiger partial charge in [0.25, 0.3) is 0 Å². The summed E-state index contributed by atoms with van der Waals surface area (Å²) in [7, 11) is -3.24. The molecule has 0 saturated carbocycles. The lowest BCUT2D eigenvalue weighted by Crippen LogP contribution is -2.05. The van der Waals surface area contributed by atoms with Gasteiger partial charge in [0.15, 0.2) is 15.0 Å². The number of carbonyl (C=O) groups excluding carboxylic acids is 1. The lowest BCUT2D eigenvalue weighted by molar-refractivity contribution is -0.114. The van der Waals surface area contributed by atoms with E-state index < -0.39 is 9.84 Å². The second-order valence-corrected chi connectivity index (χ2v) is 8.11. The van der Waals surface area contributed by atoms with Crippen LogP contribution in [0.5, 0.6) is 0 Å². The Bertz CT molecular complexity index is 795. The Morgan fingerprint density at radius 1 is 1.30 bits per heavy atom. The summed E-state index contributed by atoms with van der Waals surface area (Å²) in [5.41, 5.74) is 1.61. The smallest absolute Gasteiger partial charge is 0.223 e. The van der Waals surface area contributed by atoms with E-state index in [4.69, 9.17) is 5.11 Å². The van der Waals surface area contributed by atoms with E-state index in [-0.39, 0.29) is 17.4 Å². The molecular weight excluding hydrogens is 336 g/mol. The van der Waals surface area contributed by atoms with Crippen LogP contribution in [0.25, 0.3) is 10.4 Å². The predicted molar refractivity (Wildman–Crippen MR) is 90.4 cm³/mol. The van der Waals surface area contributed by atoms with Crippen LogP contribution >= 0.6 is 11.3 Å². The van der Waals surface area contributed by atoms with Crippen LogP contribution in [-0.2, 0) is 21.1 Å². The van der Waals surface area contributed by atoms with Crippen LogP contribution in [0.4, 0.5) is 5.13 Å². The highest BCUT2D eigenvalue weighted by molar-refractivity contribution is 7.90. The first-order valence-corrected chi connectivity index (χ1v) is 9.70. The van der Waals surface area contributed by atoms with E-state index in [0.29, 0.717) is 18.0 Å². The molecule has 0 unspecified atom stereocenters. The number of aliphatic hydroxyl groups excluding tert-OH is 1. The van der Waals surface area contributed by atoms with Crippen molar-refractivity contribution in [2.24, 2.45) is 0 Å². The van der Waals surface area contributed by atoms with Crippen molar-refractivity contribution in [2.45, 2.75) is 24.7 Å². The van der Waals surface area contributed by atoms with E-state index in [1.54, 1.807) is 24.3 Å². The third-order valence-corrected chi connectivity index (χ3v) is 5.29. The van der Waals surface area contributed by atoms with Crippen molar-refractivity contribution in [1.29, 1.82) is 0 Å². The normalized spacial score (nSPS) is 11.4. The fourth-order valence-electron chi connectivity index (χ4n) is 2.05. The second kappa shape index (κ2) is 7.20. The summed E-state index contributed by atoms with van der Waals surface area (Å²) >= 11 is 1.33. The summed E-state index contributed by atoms with van der Waals surface area (Å²) in [6, 6.07) is 6.56. The van der Waals surface area contributed by atoms with Crippen molar-refractivity contribution in [3.63, 3.8) is 0 Å². The number of carbonyl (C=O) groups is 1. The number of nitrogens with zero attached hydrogens (tertiary/aromatic N) is 1. The Balaban J connectivity index is 2.39. The molecule has 23 heavy (non-hydrogen) atoms. The molecule has 0 aliphatic carbocycles. The van der Waals surface area contributed by atoms with E-state index >= 15 is 0 Å². The molecule has 2 N–H and O–H groups in total. The molecule has 1 aromatic carbocycles. The van der Waals surface area contributed by atoms with Crippen LogP contribution in [-0.4, -0.2) is 37.3 Å². The molecule has 0 aliphatic heterocycles. The molecule has 1 aromatic heterocycles. The van der Waals surface area contributed by atoms with Gasteiger partial charge in [-0.05, 0) is 30.5 Å². The zero-order chi connectivity index (χ0) is 17.0. The first-order valence-electron chi connectivity index (χ1n) is 7.00. The van der Waals surface area contributed by atoms with E-state index in [1.807, 2.05) is 0 Å². The lowest BCUT2D eigenvalue weighted by Gasteiger charge is -2.03. The maximum atomic E-state index is 11.5. The van der Waals surface area contributed by atoms with Gasteiger partial charge in [-0.3, -0.25) is 4.79 Å². The van der Waals surface area contributed by atoms with Gasteiger partial charge >= 0.3 is 0 Å². The van der Waals surface area contributed by atoms with E-state index in [1.165, 1.54) is 18.3 Å². The second-order valence-electron chi connectivity index (χ2n) is 5.10. The van der Waals surface area contributed by atoms with Gasteiger partial charge in [0.05, 0.1) is 15.5 Å². The van der Waals surface area contributed by atoms with Crippen molar-refractivity contribution >= 4 is 32.2 Å². The number of hydrogen-bond acceptors (Lipinski definition) is 6. The average Bonchev–Trinajstić information content (AvgIpc) is 2.86. The van der Waals surface area contributed by atoms with Crippen LogP contribution < -0.4 is 5.32 Å². The monoisotopic (exact) mass is 354 g/mol. The number of aryl methyl sites for hydroxylation is 1. The van der Waals surface area contributed by atoms with Crippen LogP contribution in [0.15, 0.2) is 29.2 Å². The maximum absolute atomic E-state index is 11.5. The maximum Gasteiger partial charge on any atom is 0.223 e. The molecule has 1 heterocycles. The van der Waals surface area contributed by atoms with Crippen LogP contribution in [0.3, 0.4) is 0 Å². The topological polar surface area (TPSA) is 96.4 Å². The van der Waals surface area contributed by atoms with Crippen molar-refractivity contribution in [2.75, 3.05) is 18.2 Å². The van der Waals surface area contributed by atoms with Crippen LogP contribution in [0, 0.1) is 0 Å². The van der Waals surface area contributed by atoms with Gasteiger partial charge in [0, 0.05) is 19.8 Å². The Labute approximate surface area is 139 Å². The lowest BCUT2D eigenvalue weighted by atomic mass is 10.1. The number of rotatable bonds is 6. The molecule has 0 atom stereocenters. The fourth-order valence-corrected chi connectivity index (χ4v) is 3.74. The molecule has 124 valence electrons. The van der Waals surface area contributed by atoms with Crippen molar-refractivity contribution in [1.82, 2.24) is 4.98 Å². The molecule has 0 spiro atoms. The number of thiazole rings is 1. The van der Waals surface area contributed by atoms with Crippen molar-refractivity contribution in [3.05, 3.63) is 30.0 Å². The number of aliphatic hydroxyl groups is 1. The minimum absolute atomic E-state index is 0.0550. The molecule has 1 amide bonds. The zero-order valence-corrected chi connectivity index (χ0v) is 14.5. The Morgan fingerprint density at radius 2 is 1.96 bits per heavy atom. The molecule has 0 radical (unpaired) electrons. The largest absolute Gasteiger partial charge is 0.396 e. The highest BCUT2D eigenvalue weighted by Crippen LogP contribution is 2.34. The van der Waals surface area contributed by atoms with Gasteiger partial charge in [-0.1, -0.05) is 23.5 Å². The van der Waals surface area contributed by atoms with Gasteiger partial charge in [-0.25, -0.2) is 13.4 Å². The van der Waals surface area contributed by atoms with E-state index in [9.17, 15) is 13.2 Å². The standard InChI is InChI=1S/C15H18N2O4S2/c1-10(19)16-15-17-13(4-3-9-18)14(22-15)11-5-7-12(8-6-11)23(2,20)21/h5-8,18H,3-4,9H2,1-2H3,(H,16,17,19). The molecule has 0 bridgehead atoms. The van der Waals surface area contributed by atoms with E-state index in [2.05, 4.69) is 10.3 Å².